The molecule has 0 aromatic heterocycles. The molecule has 0 radical (unpaired) electrons. The Kier molecular flexibility index (Phi) is 3.44. The first-order valence-corrected chi connectivity index (χ1v) is 6.54. The van der Waals surface area contributed by atoms with Gasteiger partial charge in [-0.3, -0.25) is 4.79 Å². The molecule has 1 fully saturated rings. The Morgan fingerprint density at radius 2 is 1.94 bits per heavy atom. The zero-order chi connectivity index (χ0) is 13.3. The van der Waals surface area contributed by atoms with Crippen molar-refractivity contribution in [1.82, 2.24) is 5.32 Å². The van der Waals surface area contributed by atoms with E-state index in [0.29, 0.717) is 13.1 Å². The molecule has 1 aromatic rings. The molecule has 0 saturated heterocycles. The van der Waals surface area contributed by atoms with Crippen molar-refractivity contribution in [3.8, 4) is 0 Å². The van der Waals surface area contributed by atoms with Gasteiger partial charge in [-0.25, -0.2) is 0 Å². The summed E-state index contributed by atoms with van der Waals surface area (Å²) in [6, 6.07) is 4.21. The Morgan fingerprint density at radius 1 is 1.28 bits per heavy atom. The maximum Gasteiger partial charge on any atom is 0.227 e. The maximum atomic E-state index is 12.0. The van der Waals surface area contributed by atoms with Gasteiger partial charge in [-0.15, -0.1) is 0 Å². The van der Waals surface area contributed by atoms with E-state index < -0.39 is 0 Å². The van der Waals surface area contributed by atoms with Gasteiger partial charge in [0.1, 0.15) is 0 Å². The lowest BCUT2D eigenvalue weighted by molar-refractivity contribution is -0.126. The van der Waals surface area contributed by atoms with E-state index >= 15 is 0 Å². The van der Waals surface area contributed by atoms with Crippen LogP contribution in [-0.2, 0) is 11.3 Å². The lowest BCUT2D eigenvalue weighted by atomic mass is 9.98. The van der Waals surface area contributed by atoms with Gasteiger partial charge in [0.2, 0.25) is 5.91 Å². The molecule has 1 amide bonds. The van der Waals surface area contributed by atoms with E-state index in [2.05, 4.69) is 38.2 Å². The third-order valence-electron chi connectivity index (χ3n) is 4.34. The van der Waals surface area contributed by atoms with Crippen LogP contribution in [0.5, 0.6) is 0 Å². The molecule has 98 valence electrons. The number of nitrogens with one attached hydrogen (secondary N) is 1. The molecule has 1 aliphatic carbocycles. The molecule has 1 aromatic carbocycles. The summed E-state index contributed by atoms with van der Waals surface area (Å²) in [5.74, 6) is 0.114. The van der Waals surface area contributed by atoms with Gasteiger partial charge in [0.25, 0.3) is 0 Å². The summed E-state index contributed by atoms with van der Waals surface area (Å²) in [5, 5.41) is 3.02. The molecule has 0 unspecified atom stereocenters. The summed E-state index contributed by atoms with van der Waals surface area (Å²) in [4.78, 5) is 12.0. The van der Waals surface area contributed by atoms with Gasteiger partial charge >= 0.3 is 0 Å². The van der Waals surface area contributed by atoms with Crippen LogP contribution >= 0.6 is 0 Å². The van der Waals surface area contributed by atoms with E-state index in [1.54, 1.807) is 0 Å². The topological polar surface area (TPSA) is 55.1 Å². The zero-order valence-electron chi connectivity index (χ0n) is 11.5. The molecule has 3 N–H and O–H groups in total. The number of benzene rings is 1. The largest absolute Gasteiger partial charge is 0.351 e. The molecule has 1 aliphatic rings. The number of carbonyl (C=O) groups is 1. The number of aryl methyl sites for hydroxylation is 1. The van der Waals surface area contributed by atoms with Crippen LogP contribution < -0.4 is 11.1 Å². The van der Waals surface area contributed by atoms with Crippen LogP contribution in [0.2, 0.25) is 0 Å². The third kappa shape index (κ3) is 2.27. The summed E-state index contributed by atoms with van der Waals surface area (Å²) >= 11 is 0. The van der Waals surface area contributed by atoms with E-state index in [1.165, 1.54) is 22.3 Å². The molecule has 0 spiro atoms. The van der Waals surface area contributed by atoms with Crippen molar-refractivity contribution >= 4 is 5.91 Å². The Balaban J connectivity index is 2.03. The molecule has 3 heteroatoms. The number of rotatable bonds is 4. The monoisotopic (exact) mass is 246 g/mol. The van der Waals surface area contributed by atoms with Crippen LogP contribution in [-0.4, -0.2) is 12.5 Å². The Bertz CT molecular complexity index is 476. The van der Waals surface area contributed by atoms with E-state index in [0.717, 1.165) is 12.8 Å². The van der Waals surface area contributed by atoms with E-state index in [4.69, 9.17) is 5.73 Å². The average molecular weight is 246 g/mol. The van der Waals surface area contributed by atoms with Crippen LogP contribution in [0.3, 0.4) is 0 Å². The lowest BCUT2D eigenvalue weighted by Crippen LogP contribution is -2.36. The third-order valence-corrected chi connectivity index (χ3v) is 4.34. The van der Waals surface area contributed by atoms with Crippen molar-refractivity contribution in [2.45, 2.75) is 40.2 Å². The van der Waals surface area contributed by atoms with Gasteiger partial charge in [0, 0.05) is 13.1 Å². The molecule has 1 saturated carbocycles. The summed E-state index contributed by atoms with van der Waals surface area (Å²) in [7, 11) is 0. The number of amides is 1. The molecular formula is C15H22N2O. The molecule has 18 heavy (non-hydrogen) atoms. The standard InChI is InChI=1S/C15H22N2O/c1-10-4-5-13(12(3)11(10)2)8-17-14(18)15(9-16)6-7-15/h4-5H,6-9,16H2,1-3H3,(H,17,18). The SMILES string of the molecule is Cc1ccc(CNC(=O)C2(CN)CC2)c(C)c1C. The molecule has 0 heterocycles. The van der Waals surface area contributed by atoms with E-state index in [-0.39, 0.29) is 11.3 Å². The second kappa shape index (κ2) is 4.73. The van der Waals surface area contributed by atoms with Crippen LogP contribution in [0.15, 0.2) is 12.1 Å². The molecule has 0 bridgehead atoms. The molecule has 3 nitrogen and oxygen atoms in total. The predicted molar refractivity (Wildman–Crippen MR) is 73.2 cm³/mol. The van der Waals surface area contributed by atoms with Gasteiger partial charge in [-0.2, -0.15) is 0 Å². The summed E-state index contributed by atoms with van der Waals surface area (Å²) in [5.41, 5.74) is 10.5. The van der Waals surface area contributed by atoms with Crippen molar-refractivity contribution < 1.29 is 4.79 Å². The van der Waals surface area contributed by atoms with Crippen LogP contribution in [0.25, 0.3) is 0 Å². The summed E-state index contributed by atoms with van der Waals surface area (Å²) in [6.45, 7) is 7.41. The number of nitrogens with two attached hydrogens (primary N) is 1. The van der Waals surface area contributed by atoms with Crippen molar-refractivity contribution in [2.24, 2.45) is 11.1 Å². The number of hydrogen-bond acceptors (Lipinski definition) is 2. The minimum atomic E-state index is -0.256. The van der Waals surface area contributed by atoms with Crippen LogP contribution in [0.1, 0.15) is 35.1 Å². The van der Waals surface area contributed by atoms with Gasteiger partial charge in [-0.1, -0.05) is 12.1 Å². The fraction of sp³-hybridized carbons (Fsp3) is 0.533. The van der Waals surface area contributed by atoms with Crippen LogP contribution in [0, 0.1) is 26.2 Å². The van der Waals surface area contributed by atoms with Crippen molar-refractivity contribution in [2.75, 3.05) is 6.54 Å². The fourth-order valence-corrected chi connectivity index (χ4v) is 2.24. The fourth-order valence-electron chi connectivity index (χ4n) is 2.24. The molecular weight excluding hydrogens is 224 g/mol. The molecule has 0 atom stereocenters. The first-order chi connectivity index (χ1) is 8.50. The Labute approximate surface area is 109 Å². The predicted octanol–water partition coefficient (Wildman–Crippen LogP) is 1.97. The number of hydrogen-bond donors (Lipinski definition) is 2. The van der Waals surface area contributed by atoms with E-state index in [1.807, 2.05) is 0 Å². The highest BCUT2D eigenvalue weighted by atomic mass is 16.2. The highest BCUT2D eigenvalue weighted by Crippen LogP contribution is 2.44. The smallest absolute Gasteiger partial charge is 0.227 e. The normalized spacial score (nSPS) is 16.4. The quantitative estimate of drug-likeness (QED) is 0.853. The number of carbonyl (C=O) groups excluding carboxylic acids is 1. The van der Waals surface area contributed by atoms with Gasteiger partial charge in [-0.05, 0) is 55.9 Å². The lowest BCUT2D eigenvalue weighted by Gasteiger charge is -2.15. The Morgan fingerprint density at radius 3 is 2.50 bits per heavy atom. The first kappa shape index (κ1) is 13.1. The van der Waals surface area contributed by atoms with Crippen molar-refractivity contribution in [1.29, 1.82) is 0 Å². The van der Waals surface area contributed by atoms with Crippen LogP contribution in [0.4, 0.5) is 0 Å². The van der Waals surface area contributed by atoms with Gasteiger partial charge in [0.15, 0.2) is 0 Å². The van der Waals surface area contributed by atoms with Crippen molar-refractivity contribution in [3.05, 3.63) is 34.4 Å². The molecule has 0 aliphatic heterocycles. The minimum Gasteiger partial charge on any atom is -0.351 e. The Hall–Kier alpha value is -1.35. The summed E-state index contributed by atoms with van der Waals surface area (Å²) in [6.07, 6.45) is 1.86. The zero-order valence-corrected chi connectivity index (χ0v) is 11.5. The van der Waals surface area contributed by atoms with Gasteiger partial charge < -0.3 is 11.1 Å². The summed E-state index contributed by atoms with van der Waals surface area (Å²) < 4.78 is 0. The second-order valence-corrected chi connectivity index (χ2v) is 5.46. The van der Waals surface area contributed by atoms with Gasteiger partial charge in [0.05, 0.1) is 5.41 Å². The van der Waals surface area contributed by atoms with E-state index in [9.17, 15) is 4.79 Å². The maximum absolute atomic E-state index is 12.0. The minimum absolute atomic E-state index is 0.114. The van der Waals surface area contributed by atoms with Crippen molar-refractivity contribution in [3.63, 3.8) is 0 Å². The molecule has 2 rings (SSSR count). The first-order valence-electron chi connectivity index (χ1n) is 6.54. The average Bonchev–Trinajstić information content (AvgIpc) is 3.16. The second-order valence-electron chi connectivity index (χ2n) is 5.46. The highest BCUT2D eigenvalue weighted by molar-refractivity contribution is 5.85. The highest BCUT2D eigenvalue weighted by Gasteiger charge is 2.48.